The van der Waals surface area contributed by atoms with Gasteiger partial charge in [-0.15, -0.1) is 0 Å². The van der Waals surface area contributed by atoms with Gasteiger partial charge in [0.2, 0.25) is 6.41 Å². The fourth-order valence-electron chi connectivity index (χ4n) is 1.52. The van der Waals surface area contributed by atoms with Crippen molar-refractivity contribution < 1.29 is 9.18 Å². The Morgan fingerprint density at radius 1 is 1.00 bits per heavy atom. The summed E-state index contributed by atoms with van der Waals surface area (Å²) >= 11 is 0. The molecule has 2 aromatic carbocycles. The van der Waals surface area contributed by atoms with Crippen LogP contribution in [0, 0.1) is 5.82 Å². The first-order chi connectivity index (χ1) is 7.79. The van der Waals surface area contributed by atoms with E-state index in [4.69, 9.17) is 0 Å². The van der Waals surface area contributed by atoms with E-state index in [-0.39, 0.29) is 5.82 Å². The van der Waals surface area contributed by atoms with Gasteiger partial charge in [0.25, 0.3) is 0 Å². The van der Waals surface area contributed by atoms with Crippen molar-refractivity contribution in [2.24, 2.45) is 0 Å². The van der Waals surface area contributed by atoms with Gasteiger partial charge in [-0.1, -0.05) is 24.3 Å². The van der Waals surface area contributed by atoms with Gasteiger partial charge < -0.3 is 5.32 Å². The van der Waals surface area contributed by atoms with Crippen molar-refractivity contribution in [1.29, 1.82) is 0 Å². The molecular formula is C13H10FNO. The van der Waals surface area contributed by atoms with Gasteiger partial charge in [0, 0.05) is 5.69 Å². The van der Waals surface area contributed by atoms with Crippen molar-refractivity contribution in [3.05, 3.63) is 54.3 Å². The predicted molar refractivity (Wildman–Crippen MR) is 61.5 cm³/mol. The van der Waals surface area contributed by atoms with Gasteiger partial charge in [-0.3, -0.25) is 4.79 Å². The molecule has 0 fully saturated rings. The molecule has 0 heterocycles. The zero-order valence-corrected chi connectivity index (χ0v) is 8.48. The Bertz CT molecular complexity index is 511. The Hall–Kier alpha value is -2.16. The molecule has 0 saturated heterocycles. The molecule has 2 nitrogen and oxygen atoms in total. The van der Waals surface area contributed by atoms with Crippen LogP contribution in [0.4, 0.5) is 10.1 Å². The van der Waals surface area contributed by atoms with E-state index in [1.54, 1.807) is 18.2 Å². The van der Waals surface area contributed by atoms with Gasteiger partial charge in [-0.2, -0.15) is 0 Å². The zero-order valence-electron chi connectivity index (χ0n) is 8.48. The molecule has 80 valence electrons. The number of benzene rings is 2. The van der Waals surface area contributed by atoms with Crippen molar-refractivity contribution in [3.63, 3.8) is 0 Å². The molecule has 0 aliphatic heterocycles. The van der Waals surface area contributed by atoms with Gasteiger partial charge in [0.1, 0.15) is 5.82 Å². The van der Waals surface area contributed by atoms with E-state index in [1.165, 1.54) is 12.1 Å². The molecule has 0 unspecified atom stereocenters. The lowest BCUT2D eigenvalue weighted by molar-refractivity contribution is -0.105. The molecule has 0 aromatic heterocycles. The molecule has 0 saturated carbocycles. The Balaban J connectivity index is 2.40. The lowest BCUT2D eigenvalue weighted by Gasteiger charge is -2.04. The maximum absolute atomic E-state index is 13.0. The molecule has 3 heteroatoms. The van der Waals surface area contributed by atoms with E-state index >= 15 is 0 Å². The number of halogens is 1. The number of carbonyl (C=O) groups excluding carboxylic acids is 1. The number of rotatable bonds is 3. The highest BCUT2D eigenvalue weighted by Crippen LogP contribution is 2.22. The molecule has 16 heavy (non-hydrogen) atoms. The molecule has 0 aliphatic rings. The van der Waals surface area contributed by atoms with Crippen molar-refractivity contribution in [2.45, 2.75) is 0 Å². The van der Waals surface area contributed by atoms with Crippen molar-refractivity contribution in [3.8, 4) is 11.1 Å². The number of anilines is 1. The fraction of sp³-hybridized carbons (Fsp3) is 0. The van der Waals surface area contributed by atoms with Crippen molar-refractivity contribution >= 4 is 12.1 Å². The average Bonchev–Trinajstić information content (AvgIpc) is 2.30. The smallest absolute Gasteiger partial charge is 0.211 e. The summed E-state index contributed by atoms with van der Waals surface area (Å²) in [6.45, 7) is 0. The highest BCUT2D eigenvalue weighted by molar-refractivity contribution is 5.75. The minimum atomic E-state index is -0.272. The number of hydrogen-bond acceptors (Lipinski definition) is 1. The molecular weight excluding hydrogens is 205 g/mol. The maximum Gasteiger partial charge on any atom is 0.211 e. The summed E-state index contributed by atoms with van der Waals surface area (Å²) in [7, 11) is 0. The molecule has 0 aliphatic carbocycles. The predicted octanol–water partition coefficient (Wildman–Crippen LogP) is 3.06. The second-order valence-electron chi connectivity index (χ2n) is 3.35. The number of hydrogen-bond donors (Lipinski definition) is 1. The second kappa shape index (κ2) is 4.57. The number of nitrogens with one attached hydrogen (secondary N) is 1. The third kappa shape index (κ3) is 2.25. The van der Waals surface area contributed by atoms with Crippen LogP contribution in [0.2, 0.25) is 0 Å². The summed E-state index contributed by atoms with van der Waals surface area (Å²) in [5.74, 6) is -0.272. The van der Waals surface area contributed by atoms with Crippen LogP contribution in [-0.4, -0.2) is 6.41 Å². The van der Waals surface area contributed by atoms with E-state index in [9.17, 15) is 9.18 Å². The largest absolute Gasteiger partial charge is 0.329 e. The first-order valence-electron chi connectivity index (χ1n) is 4.86. The summed E-state index contributed by atoms with van der Waals surface area (Å²) in [6, 6.07) is 13.6. The van der Waals surface area contributed by atoms with E-state index in [2.05, 4.69) is 5.32 Å². The average molecular weight is 215 g/mol. The van der Waals surface area contributed by atoms with Gasteiger partial charge in [0.05, 0.1) is 0 Å². The Kier molecular flexibility index (Phi) is 2.96. The highest BCUT2D eigenvalue weighted by Gasteiger charge is 1.99. The summed E-state index contributed by atoms with van der Waals surface area (Å²) in [4.78, 5) is 10.3. The molecule has 1 amide bonds. The number of carbonyl (C=O) groups is 1. The molecule has 1 N–H and O–H groups in total. The molecule has 0 atom stereocenters. The third-order valence-electron chi connectivity index (χ3n) is 2.25. The topological polar surface area (TPSA) is 29.1 Å². The summed E-state index contributed by atoms with van der Waals surface area (Å²) in [6.07, 6.45) is 0.616. The third-order valence-corrected chi connectivity index (χ3v) is 2.25. The maximum atomic E-state index is 13.0. The first kappa shape index (κ1) is 10.4. The van der Waals surface area contributed by atoms with E-state index in [1.807, 2.05) is 18.2 Å². The highest BCUT2D eigenvalue weighted by atomic mass is 19.1. The van der Waals surface area contributed by atoms with Crippen molar-refractivity contribution in [2.75, 3.05) is 5.32 Å². The lowest BCUT2D eigenvalue weighted by atomic mass is 10.1. The standard InChI is InChI=1S/C13H10FNO/c14-12-5-1-3-10(7-12)11-4-2-6-13(8-11)15-9-16/h1-9H,(H,15,16). The molecule has 2 rings (SSSR count). The number of amides is 1. The van der Waals surface area contributed by atoms with Crippen LogP contribution in [0.25, 0.3) is 11.1 Å². The van der Waals surface area contributed by atoms with Crippen LogP contribution >= 0.6 is 0 Å². The SMILES string of the molecule is O=CNc1cccc(-c2cccc(F)c2)c1. The van der Waals surface area contributed by atoms with Crippen LogP contribution < -0.4 is 5.32 Å². The van der Waals surface area contributed by atoms with Crippen LogP contribution in [0.5, 0.6) is 0 Å². The Labute approximate surface area is 92.7 Å². The molecule has 0 spiro atoms. The zero-order chi connectivity index (χ0) is 11.4. The summed E-state index contributed by atoms with van der Waals surface area (Å²) < 4.78 is 13.0. The van der Waals surface area contributed by atoms with Crippen LogP contribution in [0.15, 0.2) is 48.5 Å². The van der Waals surface area contributed by atoms with Crippen LogP contribution in [0.1, 0.15) is 0 Å². The van der Waals surface area contributed by atoms with E-state index < -0.39 is 0 Å². The van der Waals surface area contributed by atoms with Crippen molar-refractivity contribution in [1.82, 2.24) is 0 Å². The molecule has 2 aromatic rings. The monoisotopic (exact) mass is 215 g/mol. The van der Waals surface area contributed by atoms with Crippen LogP contribution in [-0.2, 0) is 4.79 Å². The minimum Gasteiger partial charge on any atom is -0.329 e. The normalized spacial score (nSPS) is 9.81. The minimum absolute atomic E-state index is 0.272. The van der Waals surface area contributed by atoms with Gasteiger partial charge in [-0.25, -0.2) is 4.39 Å². The first-order valence-corrected chi connectivity index (χ1v) is 4.86. The summed E-state index contributed by atoms with van der Waals surface area (Å²) in [5.41, 5.74) is 2.35. The second-order valence-corrected chi connectivity index (χ2v) is 3.35. The van der Waals surface area contributed by atoms with E-state index in [0.717, 1.165) is 11.1 Å². The molecule has 0 radical (unpaired) electrons. The van der Waals surface area contributed by atoms with Gasteiger partial charge in [0.15, 0.2) is 0 Å². The van der Waals surface area contributed by atoms with Gasteiger partial charge >= 0.3 is 0 Å². The van der Waals surface area contributed by atoms with E-state index in [0.29, 0.717) is 12.1 Å². The lowest BCUT2D eigenvalue weighted by Crippen LogP contribution is -1.93. The Morgan fingerprint density at radius 2 is 1.69 bits per heavy atom. The quantitative estimate of drug-likeness (QED) is 0.783. The fourth-order valence-corrected chi connectivity index (χ4v) is 1.52. The van der Waals surface area contributed by atoms with Gasteiger partial charge in [-0.05, 0) is 35.4 Å². The Morgan fingerprint density at radius 3 is 2.38 bits per heavy atom. The van der Waals surface area contributed by atoms with Crippen LogP contribution in [0.3, 0.4) is 0 Å². The molecule has 0 bridgehead atoms. The summed E-state index contributed by atoms with van der Waals surface area (Å²) in [5, 5.41) is 2.56.